The standard InChI is InChI=1S/C13H15NO3S/c1-10(9-15)14-18(16,17)13-8-4-6-11-5-2-3-7-12(11)13/h2-8,10,14-15H,9H2,1H3/t10-/m0/s1. The molecule has 2 aromatic rings. The number of benzene rings is 2. The summed E-state index contributed by atoms with van der Waals surface area (Å²) in [5.41, 5.74) is 0. The maximum atomic E-state index is 12.2. The Bertz CT molecular complexity index is 647. The smallest absolute Gasteiger partial charge is 0.241 e. The molecule has 0 aliphatic carbocycles. The summed E-state index contributed by atoms with van der Waals surface area (Å²) in [6, 6.07) is 11.9. The van der Waals surface area contributed by atoms with E-state index in [0.717, 1.165) is 5.39 Å². The normalized spacial score (nSPS) is 13.7. The predicted octanol–water partition coefficient (Wildman–Crippen LogP) is 1.50. The molecular formula is C13H15NO3S. The fourth-order valence-electron chi connectivity index (χ4n) is 1.80. The van der Waals surface area contributed by atoms with Crippen molar-refractivity contribution in [1.29, 1.82) is 0 Å². The Morgan fingerprint density at radius 2 is 1.83 bits per heavy atom. The van der Waals surface area contributed by atoms with Crippen molar-refractivity contribution < 1.29 is 13.5 Å². The average Bonchev–Trinajstić information content (AvgIpc) is 2.37. The lowest BCUT2D eigenvalue weighted by Gasteiger charge is -2.13. The van der Waals surface area contributed by atoms with Crippen LogP contribution in [0.3, 0.4) is 0 Å². The molecule has 2 N–H and O–H groups in total. The number of sulfonamides is 1. The zero-order chi connectivity index (χ0) is 13.2. The van der Waals surface area contributed by atoms with Gasteiger partial charge in [0.05, 0.1) is 11.5 Å². The van der Waals surface area contributed by atoms with Gasteiger partial charge in [-0.25, -0.2) is 13.1 Å². The van der Waals surface area contributed by atoms with Gasteiger partial charge in [0, 0.05) is 11.4 Å². The molecule has 0 aliphatic heterocycles. The Morgan fingerprint density at radius 3 is 2.56 bits per heavy atom. The minimum atomic E-state index is -3.61. The molecule has 0 saturated carbocycles. The van der Waals surface area contributed by atoms with Crippen molar-refractivity contribution in [2.24, 2.45) is 0 Å². The molecule has 0 fully saturated rings. The molecule has 0 aromatic heterocycles. The maximum Gasteiger partial charge on any atom is 0.241 e. The van der Waals surface area contributed by atoms with Gasteiger partial charge in [0.25, 0.3) is 0 Å². The third-order valence-electron chi connectivity index (χ3n) is 2.67. The number of hydrogen-bond acceptors (Lipinski definition) is 3. The van der Waals surface area contributed by atoms with E-state index in [0.29, 0.717) is 5.39 Å². The van der Waals surface area contributed by atoms with Gasteiger partial charge in [0.2, 0.25) is 10.0 Å². The molecule has 0 spiro atoms. The fourth-order valence-corrected chi connectivity index (χ4v) is 3.26. The molecule has 2 rings (SSSR count). The van der Waals surface area contributed by atoms with Gasteiger partial charge < -0.3 is 5.11 Å². The quantitative estimate of drug-likeness (QED) is 0.880. The van der Waals surface area contributed by atoms with Crippen LogP contribution in [0.5, 0.6) is 0 Å². The van der Waals surface area contributed by atoms with E-state index in [1.165, 1.54) is 0 Å². The van der Waals surface area contributed by atoms with E-state index in [2.05, 4.69) is 4.72 Å². The lowest BCUT2D eigenvalue weighted by atomic mass is 10.1. The first-order valence-electron chi connectivity index (χ1n) is 5.65. The van der Waals surface area contributed by atoms with Crippen molar-refractivity contribution >= 4 is 20.8 Å². The topological polar surface area (TPSA) is 66.4 Å². The van der Waals surface area contributed by atoms with Crippen molar-refractivity contribution in [3.05, 3.63) is 42.5 Å². The second kappa shape index (κ2) is 5.06. The summed E-state index contributed by atoms with van der Waals surface area (Å²) < 4.78 is 26.8. The van der Waals surface area contributed by atoms with E-state index in [9.17, 15) is 8.42 Å². The summed E-state index contributed by atoms with van der Waals surface area (Å²) in [6.45, 7) is 1.38. The Balaban J connectivity index is 2.54. The van der Waals surface area contributed by atoms with Crippen molar-refractivity contribution in [2.75, 3.05) is 6.61 Å². The molecule has 0 saturated heterocycles. The van der Waals surface area contributed by atoms with Crippen LogP contribution in [0.15, 0.2) is 47.4 Å². The second-order valence-electron chi connectivity index (χ2n) is 4.18. The zero-order valence-corrected chi connectivity index (χ0v) is 10.8. The summed E-state index contributed by atoms with van der Waals surface area (Å²) in [5.74, 6) is 0. The molecule has 5 heteroatoms. The van der Waals surface area contributed by atoms with Gasteiger partial charge in [-0.2, -0.15) is 0 Å². The lowest BCUT2D eigenvalue weighted by Crippen LogP contribution is -2.35. The van der Waals surface area contributed by atoms with Crippen LogP contribution in [0.4, 0.5) is 0 Å². The van der Waals surface area contributed by atoms with E-state index in [-0.39, 0.29) is 11.5 Å². The minimum absolute atomic E-state index is 0.232. The summed E-state index contributed by atoms with van der Waals surface area (Å²) in [4.78, 5) is 0.237. The van der Waals surface area contributed by atoms with Gasteiger partial charge in [-0.1, -0.05) is 36.4 Å². The fraction of sp³-hybridized carbons (Fsp3) is 0.231. The Morgan fingerprint density at radius 1 is 1.17 bits per heavy atom. The number of aliphatic hydroxyl groups excluding tert-OH is 1. The molecule has 18 heavy (non-hydrogen) atoms. The molecule has 1 atom stereocenters. The first-order valence-corrected chi connectivity index (χ1v) is 7.14. The van der Waals surface area contributed by atoms with Crippen molar-refractivity contribution in [3.63, 3.8) is 0 Å². The highest BCUT2D eigenvalue weighted by atomic mass is 32.2. The Kier molecular flexibility index (Phi) is 3.65. The van der Waals surface area contributed by atoms with Crippen LogP contribution in [-0.2, 0) is 10.0 Å². The monoisotopic (exact) mass is 265 g/mol. The molecule has 96 valence electrons. The highest BCUT2D eigenvalue weighted by Crippen LogP contribution is 2.22. The third-order valence-corrected chi connectivity index (χ3v) is 4.32. The maximum absolute atomic E-state index is 12.2. The first-order chi connectivity index (χ1) is 8.54. The average molecular weight is 265 g/mol. The number of fused-ring (bicyclic) bond motifs is 1. The molecular weight excluding hydrogens is 250 g/mol. The van der Waals surface area contributed by atoms with Gasteiger partial charge in [-0.15, -0.1) is 0 Å². The van der Waals surface area contributed by atoms with Crippen LogP contribution in [0.25, 0.3) is 10.8 Å². The van der Waals surface area contributed by atoms with Gasteiger partial charge in [0.1, 0.15) is 0 Å². The number of nitrogens with one attached hydrogen (secondary N) is 1. The number of rotatable bonds is 4. The predicted molar refractivity (Wildman–Crippen MR) is 70.8 cm³/mol. The molecule has 2 aromatic carbocycles. The Labute approximate surface area is 106 Å². The van der Waals surface area contributed by atoms with Gasteiger partial charge >= 0.3 is 0 Å². The zero-order valence-electron chi connectivity index (χ0n) is 10.00. The van der Waals surface area contributed by atoms with E-state index in [1.807, 2.05) is 18.2 Å². The first kappa shape index (κ1) is 13.0. The molecule has 4 nitrogen and oxygen atoms in total. The van der Waals surface area contributed by atoms with Crippen molar-refractivity contribution in [1.82, 2.24) is 4.72 Å². The van der Waals surface area contributed by atoms with Crippen LogP contribution in [0.2, 0.25) is 0 Å². The van der Waals surface area contributed by atoms with Gasteiger partial charge in [0.15, 0.2) is 0 Å². The molecule has 0 heterocycles. The minimum Gasteiger partial charge on any atom is -0.395 e. The Hall–Kier alpha value is -1.43. The van der Waals surface area contributed by atoms with Crippen molar-refractivity contribution in [2.45, 2.75) is 17.9 Å². The molecule has 0 radical (unpaired) electrons. The van der Waals surface area contributed by atoms with Crippen LogP contribution >= 0.6 is 0 Å². The number of aliphatic hydroxyl groups is 1. The van der Waals surface area contributed by atoms with E-state index >= 15 is 0 Å². The third kappa shape index (κ3) is 2.53. The number of hydrogen-bond donors (Lipinski definition) is 2. The molecule has 0 bridgehead atoms. The van der Waals surface area contributed by atoms with Crippen LogP contribution < -0.4 is 4.72 Å². The largest absolute Gasteiger partial charge is 0.395 e. The van der Waals surface area contributed by atoms with Crippen LogP contribution in [-0.4, -0.2) is 26.2 Å². The highest BCUT2D eigenvalue weighted by Gasteiger charge is 2.19. The van der Waals surface area contributed by atoms with E-state index in [4.69, 9.17) is 5.11 Å². The summed E-state index contributed by atoms with van der Waals surface area (Å²) in [7, 11) is -3.61. The van der Waals surface area contributed by atoms with Gasteiger partial charge in [-0.3, -0.25) is 0 Å². The lowest BCUT2D eigenvalue weighted by molar-refractivity contribution is 0.265. The summed E-state index contributed by atoms with van der Waals surface area (Å²) >= 11 is 0. The van der Waals surface area contributed by atoms with Gasteiger partial charge in [-0.05, 0) is 18.4 Å². The van der Waals surface area contributed by atoms with E-state index < -0.39 is 16.1 Å². The highest BCUT2D eigenvalue weighted by molar-refractivity contribution is 7.89. The summed E-state index contributed by atoms with van der Waals surface area (Å²) in [5, 5.41) is 10.5. The molecule has 0 aliphatic rings. The van der Waals surface area contributed by atoms with E-state index in [1.54, 1.807) is 31.2 Å². The molecule has 0 unspecified atom stereocenters. The molecule has 0 amide bonds. The SMILES string of the molecule is C[C@@H](CO)NS(=O)(=O)c1cccc2ccccc12. The summed E-state index contributed by atoms with van der Waals surface area (Å²) in [6.07, 6.45) is 0. The van der Waals surface area contributed by atoms with Crippen LogP contribution in [0, 0.1) is 0 Å². The van der Waals surface area contributed by atoms with Crippen LogP contribution in [0.1, 0.15) is 6.92 Å². The van der Waals surface area contributed by atoms with Crippen molar-refractivity contribution in [3.8, 4) is 0 Å². The second-order valence-corrected chi connectivity index (χ2v) is 5.86.